The van der Waals surface area contributed by atoms with E-state index in [2.05, 4.69) is 21.2 Å². The van der Waals surface area contributed by atoms with Crippen LogP contribution in [0.4, 0.5) is 0 Å². The van der Waals surface area contributed by atoms with E-state index in [9.17, 15) is 9.90 Å². The molecule has 0 saturated heterocycles. The topological polar surface area (TPSA) is 49.3 Å². The van der Waals surface area contributed by atoms with Crippen molar-refractivity contribution in [2.75, 3.05) is 6.54 Å². The van der Waals surface area contributed by atoms with Gasteiger partial charge in [-0.05, 0) is 53.5 Å². The van der Waals surface area contributed by atoms with Crippen molar-refractivity contribution in [2.24, 2.45) is 0 Å². The van der Waals surface area contributed by atoms with Gasteiger partial charge in [-0.2, -0.15) is 0 Å². The third-order valence-corrected chi connectivity index (χ3v) is 4.88. The van der Waals surface area contributed by atoms with E-state index in [4.69, 9.17) is 0 Å². The molecule has 1 atom stereocenters. The van der Waals surface area contributed by atoms with E-state index in [0.29, 0.717) is 12.1 Å². The Labute approximate surface area is 130 Å². The quantitative estimate of drug-likeness (QED) is 0.863. The number of carbonyl (C=O) groups is 1. The Hall–Kier alpha value is -1.17. The van der Waals surface area contributed by atoms with Gasteiger partial charge in [0.2, 0.25) is 0 Å². The molecule has 0 spiro atoms. The molecule has 106 valence electrons. The van der Waals surface area contributed by atoms with Gasteiger partial charge in [0.05, 0.1) is 11.7 Å². The normalized spacial score (nSPS) is 12.2. The zero-order chi connectivity index (χ0) is 14.5. The number of carbonyl (C=O) groups excluding carboxylic acids is 1. The highest BCUT2D eigenvalue weighted by atomic mass is 79.9. The predicted molar refractivity (Wildman–Crippen MR) is 85.1 cm³/mol. The number of thiophene rings is 1. The van der Waals surface area contributed by atoms with Crippen molar-refractivity contribution in [1.29, 1.82) is 0 Å². The maximum Gasteiger partial charge on any atom is 0.252 e. The summed E-state index contributed by atoms with van der Waals surface area (Å²) in [7, 11) is 0. The number of rotatable bonds is 5. The van der Waals surface area contributed by atoms with Crippen LogP contribution in [-0.4, -0.2) is 17.6 Å². The van der Waals surface area contributed by atoms with Crippen LogP contribution in [0.25, 0.3) is 0 Å². The number of halogens is 1. The Morgan fingerprint density at radius 1 is 1.35 bits per heavy atom. The lowest BCUT2D eigenvalue weighted by molar-refractivity contribution is 0.0953. The summed E-state index contributed by atoms with van der Waals surface area (Å²) < 4.78 is 0.796. The van der Waals surface area contributed by atoms with Crippen LogP contribution in [0.1, 0.15) is 33.1 Å². The highest BCUT2D eigenvalue weighted by molar-refractivity contribution is 9.10. The van der Waals surface area contributed by atoms with Crippen LogP contribution < -0.4 is 5.32 Å². The van der Waals surface area contributed by atoms with Gasteiger partial charge in [0, 0.05) is 20.8 Å². The minimum atomic E-state index is -0.427. The summed E-state index contributed by atoms with van der Waals surface area (Å²) in [5.41, 5.74) is 0.642. The van der Waals surface area contributed by atoms with Gasteiger partial charge < -0.3 is 10.4 Å². The Morgan fingerprint density at radius 3 is 2.75 bits per heavy atom. The molecule has 0 fully saturated rings. The Bertz CT molecular complexity index is 595. The van der Waals surface area contributed by atoms with Crippen molar-refractivity contribution in [2.45, 2.75) is 19.4 Å². The van der Waals surface area contributed by atoms with Crippen LogP contribution in [0.3, 0.4) is 0 Å². The van der Waals surface area contributed by atoms with Crippen LogP contribution >= 0.6 is 27.3 Å². The first kappa shape index (κ1) is 15.2. The van der Waals surface area contributed by atoms with Crippen molar-refractivity contribution in [3.63, 3.8) is 0 Å². The Balaban J connectivity index is 1.86. The fourth-order valence-corrected chi connectivity index (χ4v) is 3.21. The molecule has 2 aromatic rings. The van der Waals surface area contributed by atoms with Gasteiger partial charge in [-0.15, -0.1) is 11.3 Å². The molecule has 0 bridgehead atoms. The molecule has 1 heterocycles. The number of hydrogen-bond acceptors (Lipinski definition) is 3. The molecule has 0 aliphatic rings. The minimum Gasteiger partial charge on any atom is -0.388 e. The van der Waals surface area contributed by atoms with Crippen LogP contribution in [0.2, 0.25) is 0 Å². The van der Waals surface area contributed by atoms with Crippen LogP contribution in [0.15, 0.2) is 40.9 Å². The fraction of sp³-hybridized carbons (Fsp3) is 0.267. The number of aliphatic hydroxyl groups is 1. The first-order valence-corrected chi connectivity index (χ1v) is 7.98. The number of aliphatic hydroxyl groups excluding tert-OH is 1. The summed E-state index contributed by atoms with van der Waals surface area (Å²) >= 11 is 4.95. The molecule has 0 aliphatic carbocycles. The number of nitrogens with one attached hydrogen (secondary N) is 1. The maximum atomic E-state index is 12.0. The lowest BCUT2D eigenvalue weighted by atomic mass is 10.2. The minimum absolute atomic E-state index is 0.0789. The average molecular weight is 354 g/mol. The molecule has 0 radical (unpaired) electrons. The van der Waals surface area contributed by atoms with Crippen LogP contribution in [-0.2, 0) is 6.42 Å². The van der Waals surface area contributed by atoms with Gasteiger partial charge in [-0.25, -0.2) is 0 Å². The molecular weight excluding hydrogens is 338 g/mol. The van der Waals surface area contributed by atoms with E-state index in [1.807, 2.05) is 30.3 Å². The predicted octanol–water partition coefficient (Wildman–Crippen LogP) is 3.54. The van der Waals surface area contributed by atoms with E-state index in [1.54, 1.807) is 24.3 Å². The molecule has 1 aromatic carbocycles. The average Bonchev–Trinajstić information content (AvgIpc) is 2.88. The maximum absolute atomic E-state index is 12.0. The highest BCUT2D eigenvalue weighted by Crippen LogP contribution is 2.23. The first-order chi connectivity index (χ1) is 9.58. The van der Waals surface area contributed by atoms with Crippen molar-refractivity contribution in [1.82, 2.24) is 5.32 Å². The van der Waals surface area contributed by atoms with E-state index >= 15 is 0 Å². The summed E-state index contributed by atoms with van der Waals surface area (Å²) in [5, 5.41) is 12.4. The number of amides is 1. The largest absolute Gasteiger partial charge is 0.388 e. The number of benzene rings is 1. The summed E-state index contributed by atoms with van der Waals surface area (Å²) in [6.45, 7) is 2.34. The van der Waals surface area contributed by atoms with Crippen LogP contribution in [0.5, 0.6) is 0 Å². The summed E-state index contributed by atoms with van der Waals surface area (Å²) in [6.07, 6.45) is 0.344. The lowest BCUT2D eigenvalue weighted by Crippen LogP contribution is -2.25. The van der Waals surface area contributed by atoms with Gasteiger partial charge >= 0.3 is 0 Å². The second kappa shape index (κ2) is 7.02. The standard InChI is InChI=1S/C15H16BrNO2S/c1-10(18)14-7-6-11(20-14)8-9-17-15(19)12-4-2-3-5-13(12)16/h2-7,10,18H,8-9H2,1H3,(H,17,19). The van der Waals surface area contributed by atoms with Crippen LogP contribution in [0, 0.1) is 0 Å². The smallest absolute Gasteiger partial charge is 0.252 e. The molecule has 0 aliphatic heterocycles. The second-order valence-electron chi connectivity index (χ2n) is 4.47. The van der Waals surface area contributed by atoms with Crippen molar-refractivity contribution in [3.05, 3.63) is 56.2 Å². The van der Waals surface area contributed by atoms with E-state index in [0.717, 1.165) is 20.6 Å². The molecule has 20 heavy (non-hydrogen) atoms. The van der Waals surface area contributed by atoms with Gasteiger partial charge in [-0.3, -0.25) is 4.79 Å². The molecule has 3 nitrogen and oxygen atoms in total. The summed E-state index contributed by atoms with van der Waals surface area (Å²) in [5.74, 6) is -0.0789. The van der Waals surface area contributed by atoms with E-state index in [-0.39, 0.29) is 5.91 Å². The van der Waals surface area contributed by atoms with Gasteiger partial charge in [0.25, 0.3) is 5.91 Å². The Kier molecular flexibility index (Phi) is 5.34. The molecule has 2 N–H and O–H groups in total. The molecule has 2 rings (SSSR count). The molecule has 0 saturated carbocycles. The van der Waals surface area contributed by atoms with Crippen molar-refractivity contribution >= 4 is 33.2 Å². The molecule has 1 aromatic heterocycles. The zero-order valence-corrected chi connectivity index (χ0v) is 13.5. The van der Waals surface area contributed by atoms with Crippen molar-refractivity contribution in [3.8, 4) is 0 Å². The SMILES string of the molecule is CC(O)c1ccc(CCNC(=O)c2ccccc2Br)s1. The van der Waals surface area contributed by atoms with Gasteiger partial charge in [0.15, 0.2) is 0 Å². The molecule has 1 amide bonds. The summed E-state index contributed by atoms with van der Waals surface area (Å²) in [6, 6.07) is 11.3. The summed E-state index contributed by atoms with van der Waals surface area (Å²) in [4.78, 5) is 14.1. The van der Waals surface area contributed by atoms with E-state index < -0.39 is 6.10 Å². The molecule has 1 unspecified atom stereocenters. The van der Waals surface area contributed by atoms with Gasteiger partial charge in [-0.1, -0.05) is 12.1 Å². The second-order valence-corrected chi connectivity index (χ2v) is 6.52. The Morgan fingerprint density at radius 2 is 2.10 bits per heavy atom. The van der Waals surface area contributed by atoms with Crippen molar-refractivity contribution < 1.29 is 9.90 Å². The first-order valence-electron chi connectivity index (χ1n) is 6.37. The third kappa shape index (κ3) is 3.91. The fourth-order valence-electron chi connectivity index (χ4n) is 1.79. The molecule has 5 heteroatoms. The highest BCUT2D eigenvalue weighted by Gasteiger charge is 2.09. The van der Waals surface area contributed by atoms with E-state index in [1.165, 1.54) is 0 Å². The third-order valence-electron chi connectivity index (χ3n) is 2.87. The molecular formula is C15H16BrNO2S. The lowest BCUT2D eigenvalue weighted by Gasteiger charge is -2.06. The van der Waals surface area contributed by atoms with Gasteiger partial charge in [0.1, 0.15) is 0 Å². The monoisotopic (exact) mass is 353 g/mol. The zero-order valence-electron chi connectivity index (χ0n) is 11.1. The number of hydrogen-bond donors (Lipinski definition) is 2.